The number of halogens is 3. The van der Waals surface area contributed by atoms with Crippen LogP contribution >= 0.6 is 47.8 Å². The lowest BCUT2D eigenvalue weighted by Crippen LogP contribution is -2.35. The summed E-state index contributed by atoms with van der Waals surface area (Å²) in [5, 5.41) is 1.23. The zero-order chi connectivity index (χ0) is 23.5. The fraction of sp³-hybridized carbons (Fsp3) is 0.0833. The Morgan fingerprint density at radius 2 is 1.73 bits per heavy atom. The van der Waals surface area contributed by atoms with Gasteiger partial charge < -0.3 is 9.47 Å². The first-order valence-electron chi connectivity index (χ1n) is 9.74. The highest BCUT2D eigenvalue weighted by Crippen LogP contribution is 2.38. The highest BCUT2D eigenvalue weighted by molar-refractivity contribution is 9.11. The van der Waals surface area contributed by atoms with Crippen LogP contribution in [0.2, 0.25) is 0 Å². The lowest BCUT2D eigenvalue weighted by Gasteiger charge is -2.15. The second-order valence-electron chi connectivity index (χ2n) is 7.03. The fourth-order valence-electron chi connectivity index (χ4n) is 3.26. The molecule has 6 nitrogen and oxygen atoms in total. The highest BCUT2D eigenvalue weighted by atomic mass is 79.9. The van der Waals surface area contributed by atoms with Crippen LogP contribution in [0.15, 0.2) is 79.7 Å². The van der Waals surface area contributed by atoms with Crippen LogP contribution in [0, 0.1) is 0 Å². The predicted molar refractivity (Wildman–Crippen MR) is 137 cm³/mol. The molecule has 1 N–H and O–H groups in total. The quantitative estimate of drug-likeness (QED) is 0.265. The number of rotatable bonds is 6. The number of nitrogens with zero attached hydrogens (tertiary/aromatic N) is 1. The molecule has 1 fully saturated rings. The number of hydrogen-bond donors (Lipinski definition) is 1. The number of carbonyl (C=O) groups excluding carboxylic acids is 2. The van der Waals surface area contributed by atoms with E-state index in [1.807, 2.05) is 24.3 Å². The van der Waals surface area contributed by atoms with E-state index < -0.39 is 11.8 Å². The Bertz CT molecular complexity index is 1260. The minimum absolute atomic E-state index is 0.00585. The van der Waals surface area contributed by atoms with Gasteiger partial charge in [0.15, 0.2) is 11.5 Å². The molecule has 2 amide bonds. The molecule has 0 saturated carbocycles. The van der Waals surface area contributed by atoms with Crippen molar-refractivity contribution in [1.82, 2.24) is 5.43 Å². The molecule has 0 spiro atoms. The van der Waals surface area contributed by atoms with Crippen molar-refractivity contribution in [3.05, 3.63) is 90.8 Å². The SMILES string of the molecule is COc1cc(Br)cc(/C=C2\C(=O)NN(c3ccccc3)C2=O)c1OCc1ccc(Br)cc1Br. The van der Waals surface area contributed by atoms with Gasteiger partial charge in [-0.15, -0.1) is 0 Å². The maximum atomic E-state index is 13.0. The van der Waals surface area contributed by atoms with E-state index in [4.69, 9.17) is 9.47 Å². The van der Waals surface area contributed by atoms with Gasteiger partial charge in [-0.1, -0.05) is 72.1 Å². The van der Waals surface area contributed by atoms with E-state index in [-0.39, 0.29) is 12.2 Å². The number of nitrogens with one attached hydrogen (secondary N) is 1. The third-order valence-corrected chi connectivity index (χ3v) is 6.55. The summed E-state index contributed by atoms with van der Waals surface area (Å²) >= 11 is 10.4. The van der Waals surface area contributed by atoms with Crippen LogP contribution in [-0.2, 0) is 16.2 Å². The first-order valence-corrected chi connectivity index (χ1v) is 12.1. The highest BCUT2D eigenvalue weighted by Gasteiger charge is 2.34. The molecule has 0 bridgehead atoms. The fourth-order valence-corrected chi connectivity index (χ4v) is 4.88. The second-order valence-corrected chi connectivity index (χ2v) is 9.71. The molecule has 0 aliphatic carbocycles. The van der Waals surface area contributed by atoms with Gasteiger partial charge in [-0.05, 0) is 42.5 Å². The zero-order valence-electron chi connectivity index (χ0n) is 17.3. The minimum Gasteiger partial charge on any atom is -0.493 e. The molecule has 3 aromatic carbocycles. The number of methoxy groups -OCH3 is 1. The Morgan fingerprint density at radius 1 is 0.970 bits per heavy atom. The van der Waals surface area contributed by atoms with Crippen molar-refractivity contribution in [3.63, 3.8) is 0 Å². The molecule has 4 rings (SSSR count). The third kappa shape index (κ3) is 5.15. The van der Waals surface area contributed by atoms with Gasteiger partial charge in [-0.25, -0.2) is 5.01 Å². The summed E-state index contributed by atoms with van der Waals surface area (Å²) in [4.78, 5) is 25.7. The van der Waals surface area contributed by atoms with Gasteiger partial charge in [-0.3, -0.25) is 15.0 Å². The number of carbonyl (C=O) groups is 2. The summed E-state index contributed by atoms with van der Waals surface area (Å²) in [5.74, 6) is -0.0619. The van der Waals surface area contributed by atoms with Crippen LogP contribution < -0.4 is 19.9 Å². The molecule has 3 aromatic rings. The average Bonchev–Trinajstić information content (AvgIpc) is 3.08. The average molecular weight is 637 g/mol. The smallest absolute Gasteiger partial charge is 0.282 e. The van der Waals surface area contributed by atoms with E-state index in [0.717, 1.165) is 14.5 Å². The van der Waals surface area contributed by atoms with Gasteiger partial charge in [0.25, 0.3) is 11.8 Å². The molecule has 1 aliphatic heterocycles. The topological polar surface area (TPSA) is 67.9 Å². The monoisotopic (exact) mass is 634 g/mol. The third-order valence-electron chi connectivity index (χ3n) is 4.86. The summed E-state index contributed by atoms with van der Waals surface area (Å²) in [6.07, 6.45) is 1.51. The van der Waals surface area contributed by atoms with E-state index in [2.05, 4.69) is 53.2 Å². The van der Waals surface area contributed by atoms with Crippen molar-refractivity contribution >= 4 is 71.4 Å². The molecule has 0 unspecified atom stereocenters. The molecular formula is C24H17Br3N2O4. The van der Waals surface area contributed by atoms with Crippen LogP contribution in [0.3, 0.4) is 0 Å². The molecule has 1 aliphatic rings. The van der Waals surface area contributed by atoms with Crippen molar-refractivity contribution in [3.8, 4) is 11.5 Å². The largest absolute Gasteiger partial charge is 0.493 e. The number of anilines is 1. The van der Waals surface area contributed by atoms with E-state index in [1.165, 1.54) is 18.2 Å². The van der Waals surface area contributed by atoms with E-state index in [1.54, 1.807) is 36.4 Å². The standard InChI is InChI=1S/C24H17Br3N2O4/c1-32-21-12-17(26)9-15(22(21)33-13-14-7-8-16(25)11-20(14)27)10-19-23(30)28-29(24(19)31)18-5-3-2-4-6-18/h2-12H,13H2,1H3,(H,28,30)/b19-10+. The molecule has 9 heteroatoms. The number of benzene rings is 3. The van der Waals surface area contributed by atoms with E-state index in [9.17, 15) is 9.59 Å². The maximum Gasteiger partial charge on any atom is 0.282 e. The summed E-state index contributed by atoms with van der Waals surface area (Å²) in [7, 11) is 1.53. The molecule has 0 atom stereocenters. The summed E-state index contributed by atoms with van der Waals surface area (Å²) in [6, 6.07) is 18.2. The van der Waals surface area contributed by atoms with Crippen LogP contribution in [-0.4, -0.2) is 18.9 Å². The van der Waals surface area contributed by atoms with Crippen LogP contribution in [0.4, 0.5) is 5.69 Å². The Labute approximate surface area is 215 Å². The zero-order valence-corrected chi connectivity index (χ0v) is 22.0. The van der Waals surface area contributed by atoms with Gasteiger partial charge >= 0.3 is 0 Å². The Hall–Kier alpha value is -2.62. The number of hydrogen-bond acceptors (Lipinski definition) is 4. The van der Waals surface area contributed by atoms with Crippen LogP contribution in [0.25, 0.3) is 6.08 Å². The van der Waals surface area contributed by atoms with Crippen molar-refractivity contribution in [2.24, 2.45) is 0 Å². The molecule has 1 heterocycles. The van der Waals surface area contributed by atoms with Gasteiger partial charge in [0, 0.05) is 24.5 Å². The van der Waals surface area contributed by atoms with Gasteiger partial charge in [0.1, 0.15) is 12.2 Å². The molecule has 33 heavy (non-hydrogen) atoms. The molecule has 1 saturated heterocycles. The number of para-hydroxylation sites is 1. The second kappa shape index (κ2) is 10.1. The molecule has 0 aromatic heterocycles. The molecule has 0 radical (unpaired) electrons. The van der Waals surface area contributed by atoms with Gasteiger partial charge in [0.2, 0.25) is 0 Å². The Balaban J connectivity index is 1.70. The lowest BCUT2D eigenvalue weighted by molar-refractivity contribution is -0.117. The molecule has 168 valence electrons. The molecular weight excluding hydrogens is 620 g/mol. The normalized spacial score (nSPS) is 14.5. The first kappa shape index (κ1) is 23.5. The first-order chi connectivity index (χ1) is 15.9. The number of amides is 2. The van der Waals surface area contributed by atoms with E-state index >= 15 is 0 Å². The summed E-state index contributed by atoms with van der Waals surface area (Å²) in [6.45, 7) is 0.248. The van der Waals surface area contributed by atoms with Crippen molar-refractivity contribution in [1.29, 1.82) is 0 Å². The predicted octanol–water partition coefficient (Wildman–Crippen LogP) is 6.02. The van der Waals surface area contributed by atoms with Crippen molar-refractivity contribution in [2.75, 3.05) is 12.1 Å². The summed E-state index contributed by atoms with van der Waals surface area (Å²) < 4.78 is 14.2. The van der Waals surface area contributed by atoms with Gasteiger partial charge in [-0.2, -0.15) is 0 Å². The maximum absolute atomic E-state index is 13.0. The van der Waals surface area contributed by atoms with Crippen molar-refractivity contribution < 1.29 is 19.1 Å². The lowest BCUT2D eigenvalue weighted by atomic mass is 10.1. The van der Waals surface area contributed by atoms with Crippen LogP contribution in [0.5, 0.6) is 11.5 Å². The Morgan fingerprint density at radius 3 is 2.42 bits per heavy atom. The van der Waals surface area contributed by atoms with Crippen LogP contribution in [0.1, 0.15) is 11.1 Å². The van der Waals surface area contributed by atoms with Crippen molar-refractivity contribution in [2.45, 2.75) is 6.61 Å². The number of ether oxygens (including phenoxy) is 2. The number of hydrazine groups is 1. The summed E-state index contributed by atoms with van der Waals surface area (Å²) in [5.41, 5.74) is 4.63. The van der Waals surface area contributed by atoms with Gasteiger partial charge in [0.05, 0.1) is 12.8 Å². The van der Waals surface area contributed by atoms with E-state index in [0.29, 0.717) is 27.2 Å². The minimum atomic E-state index is -0.496. The Kier molecular flexibility index (Phi) is 7.21.